The van der Waals surface area contributed by atoms with Gasteiger partial charge in [0.25, 0.3) is 0 Å². The van der Waals surface area contributed by atoms with Crippen LogP contribution >= 0.6 is 0 Å². The fourth-order valence-corrected chi connectivity index (χ4v) is 5.25. The number of fused-ring (bicyclic) bond motifs is 3. The van der Waals surface area contributed by atoms with Gasteiger partial charge in [-0.3, -0.25) is 14.4 Å². The Morgan fingerprint density at radius 3 is 2.09 bits per heavy atom. The molecule has 6 N–H and O–H groups in total. The predicted molar refractivity (Wildman–Crippen MR) is 163 cm³/mol. The molecule has 3 aromatic carbocycles. The van der Waals surface area contributed by atoms with E-state index in [0.29, 0.717) is 18.5 Å². The van der Waals surface area contributed by atoms with Crippen molar-refractivity contribution in [3.8, 4) is 11.1 Å². The number of alkyl carbamates (subject to hydrolysis) is 1. The third-order valence-electron chi connectivity index (χ3n) is 7.58. The number of carboxylic acids is 1. The second kappa shape index (κ2) is 13.5. The topological polar surface area (TPSA) is 160 Å². The van der Waals surface area contributed by atoms with Gasteiger partial charge in [0.05, 0.1) is 5.41 Å². The number of ether oxygens (including phenoxy) is 1. The Hall–Kier alpha value is -4.70. The Labute approximate surface area is 251 Å². The first-order valence-electron chi connectivity index (χ1n) is 14.2. The number of nitrogens with two attached hydrogens (primary N) is 1. The van der Waals surface area contributed by atoms with E-state index < -0.39 is 35.3 Å². The maximum Gasteiger partial charge on any atom is 0.407 e. The molecule has 0 saturated carbocycles. The number of anilines is 1. The van der Waals surface area contributed by atoms with Crippen LogP contribution in [0.15, 0.2) is 72.8 Å². The van der Waals surface area contributed by atoms with Crippen molar-refractivity contribution in [2.75, 3.05) is 18.5 Å². The molecule has 10 nitrogen and oxygen atoms in total. The molecule has 0 saturated heterocycles. The Morgan fingerprint density at radius 1 is 0.930 bits per heavy atom. The first kappa shape index (κ1) is 31.2. The summed E-state index contributed by atoms with van der Waals surface area (Å²) in [6.07, 6.45) is 0.0999. The number of carbonyl (C=O) groups excluding carboxylic acids is 3. The van der Waals surface area contributed by atoms with E-state index >= 15 is 0 Å². The van der Waals surface area contributed by atoms with Crippen molar-refractivity contribution in [2.24, 2.45) is 11.1 Å². The smallest absolute Gasteiger partial charge is 0.407 e. The lowest BCUT2D eigenvalue weighted by atomic mass is 9.84. The summed E-state index contributed by atoms with van der Waals surface area (Å²) in [4.78, 5) is 48.7. The van der Waals surface area contributed by atoms with Crippen LogP contribution in [0.5, 0.6) is 0 Å². The number of carboxylic acid groups (broad SMARTS) is 1. The molecule has 1 aliphatic carbocycles. The van der Waals surface area contributed by atoms with Gasteiger partial charge < -0.3 is 31.5 Å². The quantitative estimate of drug-likeness (QED) is 0.214. The molecule has 4 rings (SSSR count). The standard InChI is InChI=1S/C33H38N4O6/c1-20(30(39)37-23-14-12-21(13-15-23)16-22(34)17-33(2,3)31(40)41)36-29(38)18-35-32(42)43-19-28-26-10-6-4-8-24(26)25-9-5-7-11-27(25)28/h4-15,20,22,28H,16-19,34H2,1-3H3,(H,35,42)(H,36,38)(H,37,39)(H,40,41). The number of benzene rings is 3. The molecule has 3 aromatic rings. The second-order valence-corrected chi connectivity index (χ2v) is 11.5. The van der Waals surface area contributed by atoms with E-state index in [2.05, 4.69) is 28.1 Å². The summed E-state index contributed by atoms with van der Waals surface area (Å²) >= 11 is 0. The van der Waals surface area contributed by atoms with Gasteiger partial charge in [0.1, 0.15) is 19.2 Å². The van der Waals surface area contributed by atoms with Gasteiger partial charge in [0.15, 0.2) is 0 Å². The summed E-state index contributed by atoms with van der Waals surface area (Å²) in [5, 5.41) is 17.0. The minimum Gasteiger partial charge on any atom is -0.481 e. The van der Waals surface area contributed by atoms with Gasteiger partial charge >= 0.3 is 12.1 Å². The average Bonchev–Trinajstić information content (AvgIpc) is 3.29. The van der Waals surface area contributed by atoms with Gasteiger partial charge in [0, 0.05) is 17.6 Å². The lowest BCUT2D eigenvalue weighted by molar-refractivity contribution is -0.147. The molecule has 0 aromatic heterocycles. The van der Waals surface area contributed by atoms with E-state index in [1.54, 1.807) is 26.0 Å². The Morgan fingerprint density at radius 2 is 1.51 bits per heavy atom. The van der Waals surface area contributed by atoms with Crippen LogP contribution in [-0.4, -0.2) is 54.2 Å². The van der Waals surface area contributed by atoms with E-state index in [4.69, 9.17) is 10.5 Å². The third kappa shape index (κ3) is 7.98. The van der Waals surface area contributed by atoms with E-state index in [9.17, 15) is 24.3 Å². The minimum absolute atomic E-state index is 0.0921. The average molecular weight is 587 g/mol. The lowest BCUT2D eigenvalue weighted by Gasteiger charge is -2.23. The van der Waals surface area contributed by atoms with Crippen molar-refractivity contribution in [1.29, 1.82) is 0 Å². The van der Waals surface area contributed by atoms with Crippen LogP contribution in [0.4, 0.5) is 10.5 Å². The fraction of sp³-hybridized carbons (Fsp3) is 0.333. The van der Waals surface area contributed by atoms with Gasteiger partial charge in [0.2, 0.25) is 11.8 Å². The van der Waals surface area contributed by atoms with Gasteiger partial charge in [-0.15, -0.1) is 0 Å². The summed E-state index contributed by atoms with van der Waals surface area (Å²) in [5.74, 6) is -1.95. The highest BCUT2D eigenvalue weighted by atomic mass is 16.5. The Bertz CT molecular complexity index is 1440. The number of rotatable bonds is 12. The minimum atomic E-state index is -0.918. The van der Waals surface area contributed by atoms with Crippen molar-refractivity contribution >= 4 is 29.6 Å². The molecule has 1 aliphatic rings. The number of nitrogens with one attached hydrogen (secondary N) is 3. The van der Waals surface area contributed by atoms with E-state index in [1.807, 2.05) is 48.5 Å². The molecule has 3 amide bonds. The monoisotopic (exact) mass is 586 g/mol. The van der Waals surface area contributed by atoms with Crippen LogP contribution < -0.4 is 21.7 Å². The van der Waals surface area contributed by atoms with E-state index in [1.165, 1.54) is 6.92 Å². The molecule has 2 atom stereocenters. The van der Waals surface area contributed by atoms with Crippen LogP contribution in [0.2, 0.25) is 0 Å². The molecular formula is C33H38N4O6. The largest absolute Gasteiger partial charge is 0.481 e. The number of hydrogen-bond donors (Lipinski definition) is 5. The molecule has 0 spiro atoms. The number of amides is 3. The van der Waals surface area contributed by atoms with Crippen LogP contribution in [0, 0.1) is 5.41 Å². The molecule has 2 unspecified atom stereocenters. The number of hydrogen-bond acceptors (Lipinski definition) is 6. The zero-order valence-electron chi connectivity index (χ0n) is 24.6. The first-order valence-corrected chi connectivity index (χ1v) is 14.2. The fourth-order valence-electron chi connectivity index (χ4n) is 5.25. The summed E-state index contributed by atoms with van der Waals surface area (Å²) in [7, 11) is 0. The molecule has 0 bridgehead atoms. The number of carbonyl (C=O) groups is 4. The van der Waals surface area contributed by atoms with Crippen molar-refractivity contribution < 1.29 is 29.0 Å². The van der Waals surface area contributed by atoms with Crippen LogP contribution in [0.1, 0.15) is 49.8 Å². The molecule has 226 valence electrons. The maximum atomic E-state index is 12.6. The molecule has 0 radical (unpaired) electrons. The van der Waals surface area contributed by atoms with Crippen molar-refractivity contribution in [3.63, 3.8) is 0 Å². The van der Waals surface area contributed by atoms with Gasteiger partial charge in [-0.1, -0.05) is 60.7 Å². The maximum absolute atomic E-state index is 12.6. The van der Waals surface area contributed by atoms with Crippen molar-refractivity contribution in [3.05, 3.63) is 89.5 Å². The second-order valence-electron chi connectivity index (χ2n) is 11.5. The van der Waals surface area contributed by atoms with Crippen molar-refractivity contribution in [2.45, 2.75) is 51.6 Å². The molecular weight excluding hydrogens is 548 g/mol. The van der Waals surface area contributed by atoms with Gasteiger partial charge in [-0.2, -0.15) is 0 Å². The SMILES string of the molecule is CC(NC(=O)CNC(=O)OCC1c2ccccc2-c2ccccc21)C(=O)Nc1ccc(CC(N)CC(C)(C)C(=O)O)cc1. The molecule has 0 aliphatic heterocycles. The third-order valence-corrected chi connectivity index (χ3v) is 7.58. The zero-order valence-corrected chi connectivity index (χ0v) is 24.6. The van der Waals surface area contributed by atoms with Crippen LogP contribution in [0.25, 0.3) is 11.1 Å². The normalized spacial score (nSPS) is 13.7. The van der Waals surface area contributed by atoms with E-state index in [0.717, 1.165) is 27.8 Å². The number of aliphatic carboxylic acids is 1. The van der Waals surface area contributed by atoms with E-state index in [-0.39, 0.29) is 25.1 Å². The Balaban J connectivity index is 1.19. The van der Waals surface area contributed by atoms with Gasteiger partial charge in [-0.05, 0) is 73.6 Å². The molecule has 0 heterocycles. The highest BCUT2D eigenvalue weighted by molar-refractivity contribution is 5.97. The summed E-state index contributed by atoms with van der Waals surface area (Å²) in [6.45, 7) is 4.61. The van der Waals surface area contributed by atoms with Crippen molar-refractivity contribution in [1.82, 2.24) is 10.6 Å². The highest BCUT2D eigenvalue weighted by Crippen LogP contribution is 2.44. The Kier molecular flexibility index (Phi) is 9.82. The molecule has 10 heteroatoms. The predicted octanol–water partition coefficient (Wildman–Crippen LogP) is 4.04. The van der Waals surface area contributed by atoms with Crippen LogP contribution in [-0.2, 0) is 25.5 Å². The summed E-state index contributed by atoms with van der Waals surface area (Å²) in [6, 6.07) is 21.9. The lowest BCUT2D eigenvalue weighted by Crippen LogP contribution is -2.46. The first-order chi connectivity index (χ1) is 20.4. The van der Waals surface area contributed by atoms with Crippen LogP contribution in [0.3, 0.4) is 0 Å². The molecule has 43 heavy (non-hydrogen) atoms. The summed E-state index contributed by atoms with van der Waals surface area (Å²) in [5.41, 5.74) is 11.1. The molecule has 0 fully saturated rings. The zero-order chi connectivity index (χ0) is 31.1. The summed E-state index contributed by atoms with van der Waals surface area (Å²) < 4.78 is 5.45. The highest BCUT2D eigenvalue weighted by Gasteiger charge is 2.30. The van der Waals surface area contributed by atoms with Gasteiger partial charge in [-0.25, -0.2) is 4.79 Å².